The lowest BCUT2D eigenvalue weighted by Gasteiger charge is -2.36. The summed E-state index contributed by atoms with van der Waals surface area (Å²) in [4.78, 5) is 39.7. The Balaban J connectivity index is 1.31. The molecule has 0 aromatic heterocycles. The van der Waals surface area contributed by atoms with Gasteiger partial charge in [-0.3, -0.25) is 14.8 Å². The lowest BCUT2D eigenvalue weighted by atomic mass is 9.73. The van der Waals surface area contributed by atoms with Gasteiger partial charge in [0.1, 0.15) is 6.10 Å². The van der Waals surface area contributed by atoms with Gasteiger partial charge in [-0.1, -0.05) is 30.3 Å². The van der Waals surface area contributed by atoms with Crippen LogP contribution in [0.3, 0.4) is 0 Å². The molecule has 3 fully saturated rings. The summed E-state index contributed by atoms with van der Waals surface area (Å²) in [6.45, 7) is 2.69. The second kappa shape index (κ2) is 11.0. The van der Waals surface area contributed by atoms with Crippen LogP contribution in [0.5, 0.6) is 0 Å². The lowest BCUT2D eigenvalue weighted by molar-refractivity contribution is -0.147. The van der Waals surface area contributed by atoms with Gasteiger partial charge in [-0.15, -0.1) is 0 Å². The van der Waals surface area contributed by atoms with Crippen molar-refractivity contribution >= 4 is 17.9 Å². The summed E-state index contributed by atoms with van der Waals surface area (Å²) in [5.41, 5.74) is 2.97. The Morgan fingerprint density at radius 2 is 1.91 bits per heavy atom. The van der Waals surface area contributed by atoms with Crippen LogP contribution in [0.1, 0.15) is 43.6 Å². The van der Waals surface area contributed by atoms with Crippen molar-refractivity contribution < 1.29 is 29.1 Å². The van der Waals surface area contributed by atoms with Crippen molar-refractivity contribution in [3.05, 3.63) is 35.9 Å². The van der Waals surface area contributed by atoms with Crippen LogP contribution in [0.2, 0.25) is 0 Å². The van der Waals surface area contributed by atoms with Gasteiger partial charge in [0.15, 0.2) is 0 Å². The molecule has 0 radical (unpaired) electrons. The minimum Gasteiger partial charge on any atom is -0.444 e. The molecule has 0 bridgehead atoms. The lowest BCUT2D eigenvalue weighted by Crippen LogP contribution is -2.47. The quantitative estimate of drug-likeness (QED) is 0.443. The van der Waals surface area contributed by atoms with Gasteiger partial charge in [-0.25, -0.2) is 10.3 Å². The molecule has 1 aliphatic carbocycles. The van der Waals surface area contributed by atoms with Crippen LogP contribution in [0.25, 0.3) is 0 Å². The first-order valence-corrected chi connectivity index (χ1v) is 11.8. The molecule has 2 heterocycles. The molecular weight excluding hydrogens is 426 g/mol. The average Bonchev–Trinajstić information content (AvgIpc) is 3.55. The summed E-state index contributed by atoms with van der Waals surface area (Å²) in [6, 6.07) is 10.2. The highest BCUT2D eigenvalue weighted by molar-refractivity contribution is 5.87. The van der Waals surface area contributed by atoms with Gasteiger partial charge >= 0.3 is 6.09 Å². The monoisotopic (exact) mass is 459 g/mol. The molecule has 4 rings (SSSR count). The third kappa shape index (κ3) is 5.83. The number of nitrogens with one attached hydrogen (secondary N) is 2. The van der Waals surface area contributed by atoms with Gasteiger partial charge in [-0.2, -0.15) is 0 Å². The van der Waals surface area contributed by atoms with Crippen LogP contribution in [0.15, 0.2) is 30.3 Å². The molecule has 1 aromatic rings. The molecule has 33 heavy (non-hydrogen) atoms. The first kappa shape index (κ1) is 23.5. The van der Waals surface area contributed by atoms with Gasteiger partial charge in [0.05, 0.1) is 19.1 Å². The van der Waals surface area contributed by atoms with Crippen molar-refractivity contribution in [2.75, 3.05) is 32.8 Å². The predicted octanol–water partition coefficient (Wildman–Crippen LogP) is 2.06. The zero-order valence-corrected chi connectivity index (χ0v) is 18.8. The number of rotatable bonds is 6. The molecule has 1 unspecified atom stereocenters. The van der Waals surface area contributed by atoms with Crippen LogP contribution in [-0.2, 0) is 19.1 Å². The Labute approximate surface area is 193 Å². The second-order valence-electron chi connectivity index (χ2n) is 9.32. The molecular formula is C24H33N3O6. The fraction of sp³-hybridized carbons (Fsp3) is 0.625. The first-order valence-electron chi connectivity index (χ1n) is 11.8. The van der Waals surface area contributed by atoms with Crippen molar-refractivity contribution in [3.63, 3.8) is 0 Å². The third-order valence-corrected chi connectivity index (χ3v) is 7.19. The number of nitrogens with zero attached hydrogens (tertiary/aromatic N) is 1. The molecule has 3 N–H and O–H groups in total. The van der Waals surface area contributed by atoms with Crippen LogP contribution in [0, 0.1) is 17.8 Å². The highest BCUT2D eigenvalue weighted by Crippen LogP contribution is 2.37. The third-order valence-electron chi connectivity index (χ3n) is 7.19. The van der Waals surface area contributed by atoms with E-state index in [1.54, 1.807) is 5.48 Å². The number of likely N-dealkylation sites (tertiary alicyclic amines) is 1. The summed E-state index contributed by atoms with van der Waals surface area (Å²) in [7, 11) is 0. The summed E-state index contributed by atoms with van der Waals surface area (Å²) in [6.07, 6.45) is 2.57. The maximum absolute atomic E-state index is 13.3. The number of hydrogen-bond acceptors (Lipinski definition) is 6. The van der Waals surface area contributed by atoms with E-state index in [4.69, 9.17) is 9.47 Å². The minimum atomic E-state index is -0.627. The first-order chi connectivity index (χ1) is 16.0. The molecule has 2 aliphatic heterocycles. The van der Waals surface area contributed by atoms with E-state index in [0.717, 1.165) is 6.42 Å². The van der Waals surface area contributed by atoms with Gasteiger partial charge in [0.2, 0.25) is 11.8 Å². The Bertz CT molecular complexity index is 829. The van der Waals surface area contributed by atoms with Gasteiger partial charge in [0.25, 0.3) is 0 Å². The highest BCUT2D eigenvalue weighted by atomic mass is 16.6. The summed E-state index contributed by atoms with van der Waals surface area (Å²) >= 11 is 0. The predicted molar refractivity (Wildman–Crippen MR) is 118 cm³/mol. The van der Waals surface area contributed by atoms with E-state index in [-0.39, 0.29) is 17.9 Å². The SMILES string of the molecule is O=C(NCC1CC[C@H](C(=O)N2CC[C@H](c3ccccc3)C2)[C@@H](C(=O)NO)C1)O[C@@H]1CCOC1. The molecule has 3 amide bonds. The van der Waals surface area contributed by atoms with E-state index in [9.17, 15) is 19.6 Å². The van der Waals surface area contributed by atoms with Crippen LogP contribution >= 0.6 is 0 Å². The maximum Gasteiger partial charge on any atom is 0.407 e. The fourth-order valence-corrected chi connectivity index (χ4v) is 5.33. The molecule has 9 heteroatoms. The molecule has 1 saturated carbocycles. The summed E-state index contributed by atoms with van der Waals surface area (Å²) in [5, 5.41) is 12.1. The number of hydrogen-bond donors (Lipinski definition) is 3. The Hall–Kier alpha value is -2.65. The molecule has 1 aromatic carbocycles. The Morgan fingerprint density at radius 1 is 1.09 bits per heavy atom. The van der Waals surface area contributed by atoms with Crippen molar-refractivity contribution in [1.82, 2.24) is 15.7 Å². The topological polar surface area (TPSA) is 117 Å². The van der Waals surface area contributed by atoms with Crippen molar-refractivity contribution in [3.8, 4) is 0 Å². The number of amides is 3. The van der Waals surface area contributed by atoms with Crippen LogP contribution in [-0.4, -0.2) is 67.0 Å². The molecule has 3 aliphatic rings. The Kier molecular flexibility index (Phi) is 7.82. The number of alkyl carbamates (subject to hydrolysis) is 1. The summed E-state index contributed by atoms with van der Waals surface area (Å²) < 4.78 is 10.5. The van der Waals surface area contributed by atoms with Crippen molar-refractivity contribution in [2.24, 2.45) is 17.8 Å². The number of carbonyl (C=O) groups is 3. The number of carbonyl (C=O) groups excluding carboxylic acids is 3. The van der Waals surface area contributed by atoms with Gasteiger partial charge in [0, 0.05) is 37.9 Å². The highest BCUT2D eigenvalue weighted by Gasteiger charge is 2.42. The zero-order valence-electron chi connectivity index (χ0n) is 18.8. The zero-order chi connectivity index (χ0) is 23.2. The normalized spacial score (nSPS) is 29.5. The van der Waals surface area contributed by atoms with E-state index in [2.05, 4.69) is 17.4 Å². The number of benzene rings is 1. The van der Waals surface area contributed by atoms with Gasteiger partial charge < -0.3 is 19.7 Å². The van der Waals surface area contributed by atoms with Gasteiger partial charge in [-0.05, 0) is 37.2 Å². The molecule has 5 atom stereocenters. The van der Waals surface area contributed by atoms with E-state index in [1.165, 1.54) is 5.56 Å². The van der Waals surface area contributed by atoms with E-state index >= 15 is 0 Å². The van der Waals surface area contributed by atoms with E-state index < -0.39 is 23.8 Å². The largest absolute Gasteiger partial charge is 0.444 e. The average molecular weight is 460 g/mol. The van der Waals surface area contributed by atoms with Crippen molar-refractivity contribution in [2.45, 2.75) is 44.1 Å². The van der Waals surface area contributed by atoms with E-state index in [1.807, 2.05) is 23.1 Å². The van der Waals surface area contributed by atoms with Crippen molar-refractivity contribution in [1.29, 1.82) is 0 Å². The molecule has 180 valence electrons. The molecule has 2 saturated heterocycles. The van der Waals surface area contributed by atoms with Crippen LogP contribution in [0.4, 0.5) is 4.79 Å². The Morgan fingerprint density at radius 3 is 2.64 bits per heavy atom. The number of hydroxylamine groups is 1. The standard InChI is InChI=1S/C24H33N3O6/c28-22(26-31)21-12-16(13-25-24(30)33-19-9-11-32-15-19)6-7-20(21)23(29)27-10-8-18(14-27)17-4-2-1-3-5-17/h1-5,16,18-21,31H,6-15H2,(H,25,30)(H,26,28)/t16?,18-,19+,20-,21-/m0/s1. The van der Waals surface area contributed by atoms with E-state index in [0.29, 0.717) is 64.4 Å². The van der Waals surface area contributed by atoms with Crippen LogP contribution < -0.4 is 10.8 Å². The maximum atomic E-state index is 13.3. The second-order valence-corrected chi connectivity index (χ2v) is 9.32. The molecule has 0 spiro atoms. The summed E-state index contributed by atoms with van der Waals surface area (Å²) in [5.74, 6) is -1.32. The fourth-order valence-electron chi connectivity index (χ4n) is 5.33. The molecule has 9 nitrogen and oxygen atoms in total. The minimum absolute atomic E-state index is 0.0194. The smallest absolute Gasteiger partial charge is 0.407 e. The number of ether oxygens (including phenoxy) is 2.